The summed E-state index contributed by atoms with van der Waals surface area (Å²) in [5.41, 5.74) is 2.24. The van der Waals surface area contributed by atoms with Crippen molar-refractivity contribution in [3.8, 4) is 11.3 Å². The Morgan fingerprint density at radius 1 is 1.04 bits per heavy atom. The van der Waals surface area contributed by atoms with Gasteiger partial charge in [0.2, 0.25) is 10.0 Å². The molecule has 0 radical (unpaired) electrons. The highest BCUT2D eigenvalue weighted by atomic mass is 32.2. The van der Waals surface area contributed by atoms with Gasteiger partial charge < -0.3 is 10.4 Å². The van der Waals surface area contributed by atoms with Crippen LogP contribution in [0.15, 0.2) is 71.9 Å². The zero-order valence-corrected chi connectivity index (χ0v) is 16.5. The molecule has 0 unspecified atom stereocenters. The van der Waals surface area contributed by atoms with Gasteiger partial charge in [-0.2, -0.15) is 0 Å². The topological polar surface area (TPSA) is 95.4 Å². The van der Waals surface area contributed by atoms with E-state index in [-0.39, 0.29) is 4.90 Å². The van der Waals surface area contributed by atoms with Crippen LogP contribution >= 0.6 is 0 Å². The van der Waals surface area contributed by atoms with Gasteiger partial charge in [-0.3, -0.25) is 0 Å². The van der Waals surface area contributed by atoms with Crippen molar-refractivity contribution in [3.63, 3.8) is 0 Å². The van der Waals surface area contributed by atoms with Crippen LogP contribution in [0.4, 0.5) is 5.82 Å². The zero-order chi connectivity index (χ0) is 20.1. The number of nitrogens with zero attached hydrogens (tertiary/aromatic N) is 3. The largest absolute Gasteiger partial charge is 0.387 e. The minimum Gasteiger partial charge on any atom is -0.387 e. The number of aliphatic hydroxyl groups excluding tert-OH is 1. The highest BCUT2D eigenvalue weighted by Gasteiger charge is 2.17. The quantitative estimate of drug-likeness (QED) is 0.635. The van der Waals surface area contributed by atoms with Crippen molar-refractivity contribution < 1.29 is 13.5 Å². The third kappa shape index (κ3) is 4.53. The van der Waals surface area contributed by atoms with Crippen molar-refractivity contribution in [1.82, 2.24) is 14.3 Å². The molecule has 0 aliphatic carbocycles. The number of hydrogen-bond acceptors (Lipinski definition) is 6. The van der Waals surface area contributed by atoms with Gasteiger partial charge in [0.1, 0.15) is 12.1 Å². The van der Waals surface area contributed by atoms with Crippen LogP contribution in [-0.2, 0) is 10.0 Å². The van der Waals surface area contributed by atoms with Crippen molar-refractivity contribution in [2.45, 2.75) is 11.0 Å². The van der Waals surface area contributed by atoms with Gasteiger partial charge in [0.05, 0.1) is 16.7 Å². The monoisotopic (exact) mass is 398 g/mol. The lowest BCUT2D eigenvalue weighted by Crippen LogP contribution is -2.22. The summed E-state index contributed by atoms with van der Waals surface area (Å²) in [6, 6.07) is 17.7. The third-order valence-electron chi connectivity index (χ3n) is 4.26. The molecule has 7 nitrogen and oxygen atoms in total. The maximum atomic E-state index is 12.2. The van der Waals surface area contributed by atoms with Crippen LogP contribution in [0.5, 0.6) is 0 Å². The number of benzene rings is 2. The molecule has 2 aromatic carbocycles. The summed E-state index contributed by atoms with van der Waals surface area (Å²) in [7, 11) is -0.477. The van der Waals surface area contributed by atoms with Crippen molar-refractivity contribution in [2.75, 3.05) is 26.0 Å². The van der Waals surface area contributed by atoms with E-state index in [2.05, 4.69) is 15.3 Å². The lowest BCUT2D eigenvalue weighted by atomic mass is 10.1. The summed E-state index contributed by atoms with van der Waals surface area (Å²) in [6.45, 7) is 0.306. The first-order chi connectivity index (χ1) is 13.4. The van der Waals surface area contributed by atoms with E-state index in [1.165, 1.54) is 24.7 Å². The summed E-state index contributed by atoms with van der Waals surface area (Å²) in [5.74, 6) is 0.574. The summed E-state index contributed by atoms with van der Waals surface area (Å²) in [4.78, 5) is 8.64. The summed E-state index contributed by atoms with van der Waals surface area (Å²) < 4.78 is 25.5. The van der Waals surface area contributed by atoms with Crippen LogP contribution < -0.4 is 5.32 Å². The molecule has 0 saturated carbocycles. The molecule has 0 saturated heterocycles. The molecular formula is C20H22N4O3S. The summed E-state index contributed by atoms with van der Waals surface area (Å²) in [5, 5.41) is 13.4. The van der Waals surface area contributed by atoms with Crippen LogP contribution in [-0.4, -0.2) is 48.4 Å². The molecule has 8 heteroatoms. The van der Waals surface area contributed by atoms with Crippen LogP contribution in [0.1, 0.15) is 11.7 Å². The van der Waals surface area contributed by atoms with Gasteiger partial charge in [-0.1, -0.05) is 42.5 Å². The molecule has 2 N–H and O–H groups in total. The van der Waals surface area contributed by atoms with Crippen LogP contribution in [0, 0.1) is 0 Å². The maximum Gasteiger partial charge on any atom is 0.242 e. The fraction of sp³-hybridized carbons (Fsp3) is 0.200. The molecular weight excluding hydrogens is 376 g/mol. The highest BCUT2D eigenvalue weighted by molar-refractivity contribution is 7.89. The second-order valence-corrected chi connectivity index (χ2v) is 8.56. The van der Waals surface area contributed by atoms with Gasteiger partial charge in [-0.05, 0) is 17.7 Å². The van der Waals surface area contributed by atoms with Gasteiger partial charge >= 0.3 is 0 Å². The number of anilines is 1. The first-order valence-corrected chi connectivity index (χ1v) is 10.1. The Bertz CT molecular complexity index is 1020. The molecule has 0 spiro atoms. The van der Waals surface area contributed by atoms with Crippen molar-refractivity contribution in [1.29, 1.82) is 0 Å². The van der Waals surface area contributed by atoms with Gasteiger partial charge in [0.25, 0.3) is 0 Å². The number of aromatic nitrogens is 2. The Kier molecular flexibility index (Phi) is 6.03. The summed E-state index contributed by atoms with van der Waals surface area (Å²) in [6.07, 6.45) is 0.770. The van der Waals surface area contributed by atoms with Crippen LogP contribution in [0.25, 0.3) is 11.3 Å². The van der Waals surface area contributed by atoms with E-state index in [1.807, 2.05) is 30.3 Å². The molecule has 0 fully saturated rings. The van der Waals surface area contributed by atoms with Crippen LogP contribution in [0.3, 0.4) is 0 Å². The van der Waals surface area contributed by atoms with E-state index in [9.17, 15) is 13.5 Å². The number of nitrogens with one attached hydrogen (secondary N) is 1. The molecule has 1 heterocycles. The van der Waals surface area contributed by atoms with E-state index < -0.39 is 16.1 Å². The average Bonchev–Trinajstić information content (AvgIpc) is 2.73. The van der Waals surface area contributed by atoms with Gasteiger partial charge in [0, 0.05) is 32.3 Å². The molecule has 1 aromatic heterocycles. The molecule has 0 amide bonds. The summed E-state index contributed by atoms with van der Waals surface area (Å²) >= 11 is 0. The zero-order valence-electron chi connectivity index (χ0n) is 15.6. The minimum atomic E-state index is -3.47. The Morgan fingerprint density at radius 2 is 1.71 bits per heavy atom. The second-order valence-electron chi connectivity index (χ2n) is 6.41. The maximum absolute atomic E-state index is 12.2. The molecule has 0 aliphatic heterocycles. The molecule has 0 aliphatic rings. The predicted octanol–water partition coefficient (Wildman–Crippen LogP) is 2.54. The smallest absolute Gasteiger partial charge is 0.242 e. The van der Waals surface area contributed by atoms with Gasteiger partial charge in [-0.15, -0.1) is 0 Å². The lowest BCUT2D eigenvalue weighted by molar-refractivity contribution is 0.191. The Balaban J connectivity index is 1.73. The van der Waals surface area contributed by atoms with Gasteiger partial charge in [-0.25, -0.2) is 22.7 Å². The average molecular weight is 398 g/mol. The van der Waals surface area contributed by atoms with E-state index in [4.69, 9.17) is 0 Å². The molecule has 146 valence electrons. The van der Waals surface area contributed by atoms with Crippen molar-refractivity contribution >= 4 is 15.8 Å². The normalized spacial score (nSPS) is 12.7. The second kappa shape index (κ2) is 8.47. The van der Waals surface area contributed by atoms with Crippen LogP contribution in [0.2, 0.25) is 0 Å². The van der Waals surface area contributed by atoms with E-state index in [0.29, 0.717) is 18.1 Å². The number of aliphatic hydroxyl groups is 1. The number of sulfonamides is 1. The standard InChI is InChI=1S/C20H22N4O3S/c1-24(2)28(26,27)17-10-8-15(9-11-17)18-12-20(23-14-22-18)21-13-19(25)16-6-4-3-5-7-16/h3-12,14,19,25H,13H2,1-2H3,(H,21,22,23)/t19-/m1/s1. The fourth-order valence-corrected chi connectivity index (χ4v) is 3.52. The number of rotatable bonds is 7. The molecule has 3 aromatic rings. The SMILES string of the molecule is CN(C)S(=O)(=O)c1ccc(-c2cc(NC[C@@H](O)c3ccccc3)ncn2)cc1. The number of hydrogen-bond donors (Lipinski definition) is 2. The Morgan fingerprint density at radius 3 is 2.36 bits per heavy atom. The van der Waals surface area contributed by atoms with Gasteiger partial charge in [0.15, 0.2) is 0 Å². The molecule has 3 rings (SSSR count). The van der Waals surface area contributed by atoms with E-state index in [0.717, 1.165) is 11.1 Å². The fourth-order valence-electron chi connectivity index (χ4n) is 2.61. The molecule has 28 heavy (non-hydrogen) atoms. The molecule has 0 bridgehead atoms. The third-order valence-corrected chi connectivity index (χ3v) is 6.09. The van der Waals surface area contributed by atoms with E-state index in [1.54, 1.807) is 30.3 Å². The lowest BCUT2D eigenvalue weighted by Gasteiger charge is -2.13. The highest BCUT2D eigenvalue weighted by Crippen LogP contribution is 2.22. The Labute approximate surface area is 164 Å². The molecule has 1 atom stereocenters. The minimum absolute atomic E-state index is 0.222. The first-order valence-electron chi connectivity index (χ1n) is 8.70. The van der Waals surface area contributed by atoms with Crippen molar-refractivity contribution in [3.05, 3.63) is 72.6 Å². The van der Waals surface area contributed by atoms with E-state index >= 15 is 0 Å². The first kappa shape index (κ1) is 19.9. The Hall–Kier alpha value is -2.81. The predicted molar refractivity (Wildman–Crippen MR) is 108 cm³/mol. The van der Waals surface area contributed by atoms with Crippen molar-refractivity contribution in [2.24, 2.45) is 0 Å².